The third kappa shape index (κ3) is 2.47. The number of aromatic amines is 1. The normalized spacial score (nSPS) is 22.5. The molecule has 0 bridgehead atoms. The van der Waals surface area contributed by atoms with Crippen LogP contribution in [0.4, 0.5) is 4.39 Å². The molecule has 1 aromatic heterocycles. The number of hydrogen-bond acceptors (Lipinski definition) is 3. The molecule has 1 N–H and O–H groups in total. The summed E-state index contributed by atoms with van der Waals surface area (Å²) < 4.78 is 22.5. The molecule has 0 saturated carbocycles. The summed E-state index contributed by atoms with van der Waals surface area (Å²) in [6.45, 7) is 0.298. The predicted molar refractivity (Wildman–Crippen MR) is 90.8 cm³/mol. The number of epoxide rings is 1. The van der Waals surface area contributed by atoms with Gasteiger partial charge in [-0.1, -0.05) is 48.0 Å². The highest BCUT2D eigenvalue weighted by Crippen LogP contribution is 2.59. The Kier molecular flexibility index (Phi) is 3.75. The predicted octanol–water partition coefficient (Wildman–Crippen LogP) is 4.40. The second-order valence-electron chi connectivity index (χ2n) is 5.64. The lowest BCUT2D eigenvalue weighted by atomic mass is 9.91. The molecule has 0 spiro atoms. The van der Waals surface area contributed by atoms with Crippen LogP contribution >= 0.6 is 23.8 Å². The Morgan fingerprint density at radius 2 is 2.00 bits per heavy atom. The van der Waals surface area contributed by atoms with Gasteiger partial charge in [0.1, 0.15) is 23.8 Å². The van der Waals surface area contributed by atoms with E-state index in [1.54, 1.807) is 28.9 Å². The Morgan fingerprint density at radius 1 is 1.25 bits per heavy atom. The summed E-state index contributed by atoms with van der Waals surface area (Å²) in [6, 6.07) is 14.0. The SMILES string of the molecule is Fc1ccccc1C1(Cn2nc[nH]c2=S)OC1c1ccccc1Cl. The van der Waals surface area contributed by atoms with Crippen LogP contribution < -0.4 is 0 Å². The third-order valence-electron chi connectivity index (χ3n) is 4.22. The summed E-state index contributed by atoms with van der Waals surface area (Å²) in [5, 5.41) is 4.76. The minimum atomic E-state index is -0.885. The average Bonchev–Trinajstić information content (AvgIpc) is 3.15. The zero-order chi connectivity index (χ0) is 16.7. The molecule has 1 saturated heterocycles. The van der Waals surface area contributed by atoms with Crippen LogP contribution in [0.15, 0.2) is 54.9 Å². The Morgan fingerprint density at radius 3 is 2.71 bits per heavy atom. The fourth-order valence-electron chi connectivity index (χ4n) is 3.01. The van der Waals surface area contributed by atoms with Crippen molar-refractivity contribution in [3.8, 4) is 0 Å². The van der Waals surface area contributed by atoms with Crippen LogP contribution in [0.2, 0.25) is 5.02 Å². The van der Waals surface area contributed by atoms with Gasteiger partial charge >= 0.3 is 0 Å². The molecule has 4 rings (SSSR count). The van der Waals surface area contributed by atoms with E-state index in [1.807, 2.05) is 18.2 Å². The summed E-state index contributed by atoms with van der Waals surface area (Å²) in [4.78, 5) is 2.84. The molecule has 2 heterocycles. The van der Waals surface area contributed by atoms with Crippen molar-refractivity contribution in [1.82, 2.24) is 14.8 Å². The molecule has 1 aliphatic heterocycles. The quantitative estimate of drug-likeness (QED) is 0.553. The molecule has 7 heteroatoms. The van der Waals surface area contributed by atoms with Gasteiger partial charge in [0.15, 0.2) is 4.77 Å². The van der Waals surface area contributed by atoms with Gasteiger partial charge in [-0.05, 0) is 24.4 Å². The van der Waals surface area contributed by atoms with Gasteiger partial charge < -0.3 is 9.72 Å². The zero-order valence-corrected chi connectivity index (χ0v) is 14.0. The van der Waals surface area contributed by atoms with Gasteiger partial charge in [-0.2, -0.15) is 5.10 Å². The van der Waals surface area contributed by atoms with Gasteiger partial charge in [0.05, 0.1) is 6.54 Å². The standard InChI is InChI=1S/C17H13ClFN3OS/c18-13-7-3-1-5-11(13)15-17(23-15,9-22-16(24)20-10-21-22)12-6-2-4-8-14(12)19/h1-8,10,15H,9H2,(H,20,21,24). The van der Waals surface area contributed by atoms with Crippen molar-refractivity contribution >= 4 is 23.8 Å². The molecule has 2 unspecified atom stereocenters. The number of nitrogens with one attached hydrogen (secondary N) is 1. The van der Waals surface area contributed by atoms with Crippen LogP contribution in [0.25, 0.3) is 0 Å². The maximum Gasteiger partial charge on any atom is 0.195 e. The number of nitrogens with zero attached hydrogens (tertiary/aromatic N) is 2. The highest BCUT2D eigenvalue weighted by atomic mass is 35.5. The van der Waals surface area contributed by atoms with Crippen LogP contribution in [-0.2, 0) is 16.9 Å². The van der Waals surface area contributed by atoms with E-state index in [1.165, 1.54) is 12.4 Å². The lowest BCUT2D eigenvalue weighted by Gasteiger charge is -2.15. The van der Waals surface area contributed by atoms with Gasteiger partial charge in [0.25, 0.3) is 0 Å². The molecule has 1 fully saturated rings. The number of ether oxygens (including phenoxy) is 1. The van der Waals surface area contributed by atoms with Crippen molar-refractivity contribution in [2.45, 2.75) is 18.2 Å². The monoisotopic (exact) mass is 361 g/mol. The molecule has 2 atom stereocenters. The zero-order valence-electron chi connectivity index (χ0n) is 12.4. The number of hydrogen-bond donors (Lipinski definition) is 1. The minimum absolute atomic E-state index is 0.298. The number of aromatic nitrogens is 3. The number of rotatable bonds is 4. The van der Waals surface area contributed by atoms with Crippen molar-refractivity contribution in [2.24, 2.45) is 0 Å². The molecule has 0 aliphatic carbocycles. The van der Waals surface area contributed by atoms with Crippen LogP contribution in [0.3, 0.4) is 0 Å². The number of halogens is 2. The molecule has 0 amide bonds. The Hall–Kier alpha value is -2.02. The van der Waals surface area contributed by atoms with E-state index in [2.05, 4.69) is 10.1 Å². The average molecular weight is 362 g/mol. The van der Waals surface area contributed by atoms with Gasteiger partial charge in [-0.3, -0.25) is 0 Å². The highest BCUT2D eigenvalue weighted by Gasteiger charge is 2.60. The molecule has 122 valence electrons. The Balaban J connectivity index is 1.81. The molecular weight excluding hydrogens is 349 g/mol. The molecule has 2 aromatic carbocycles. The third-order valence-corrected chi connectivity index (χ3v) is 4.89. The van der Waals surface area contributed by atoms with Crippen molar-refractivity contribution in [3.05, 3.63) is 81.6 Å². The van der Waals surface area contributed by atoms with Crippen LogP contribution in [0.1, 0.15) is 17.2 Å². The first kappa shape index (κ1) is 15.5. The number of H-pyrrole nitrogens is 1. The summed E-state index contributed by atoms with van der Waals surface area (Å²) >= 11 is 11.5. The summed E-state index contributed by atoms with van der Waals surface area (Å²) in [7, 11) is 0. The van der Waals surface area contributed by atoms with Crippen LogP contribution in [0.5, 0.6) is 0 Å². The fraction of sp³-hybridized carbons (Fsp3) is 0.176. The lowest BCUT2D eigenvalue weighted by Crippen LogP contribution is -2.21. The van der Waals surface area contributed by atoms with E-state index in [-0.39, 0.29) is 11.9 Å². The molecule has 3 aromatic rings. The van der Waals surface area contributed by atoms with Gasteiger partial charge in [-0.25, -0.2) is 9.07 Å². The van der Waals surface area contributed by atoms with E-state index in [4.69, 9.17) is 28.6 Å². The smallest absolute Gasteiger partial charge is 0.195 e. The highest BCUT2D eigenvalue weighted by molar-refractivity contribution is 7.71. The lowest BCUT2D eigenvalue weighted by molar-refractivity contribution is 0.256. The van der Waals surface area contributed by atoms with E-state index >= 15 is 0 Å². The Bertz CT molecular complexity index is 957. The molecular formula is C17H13ClFN3OS. The van der Waals surface area contributed by atoms with Crippen molar-refractivity contribution in [1.29, 1.82) is 0 Å². The van der Waals surface area contributed by atoms with E-state index in [0.717, 1.165) is 5.56 Å². The van der Waals surface area contributed by atoms with Crippen molar-refractivity contribution in [2.75, 3.05) is 0 Å². The van der Waals surface area contributed by atoms with Crippen LogP contribution in [0, 0.1) is 10.6 Å². The topological polar surface area (TPSA) is 46.1 Å². The maximum atomic E-state index is 14.5. The van der Waals surface area contributed by atoms with Crippen molar-refractivity contribution < 1.29 is 9.13 Å². The first-order chi connectivity index (χ1) is 11.6. The molecule has 1 aliphatic rings. The van der Waals surface area contributed by atoms with Gasteiger partial charge in [0, 0.05) is 16.1 Å². The summed E-state index contributed by atoms with van der Waals surface area (Å²) in [6.07, 6.45) is 1.14. The molecule has 24 heavy (non-hydrogen) atoms. The first-order valence-electron chi connectivity index (χ1n) is 7.39. The van der Waals surface area contributed by atoms with Gasteiger partial charge in [-0.15, -0.1) is 0 Å². The fourth-order valence-corrected chi connectivity index (χ4v) is 3.41. The second kappa shape index (κ2) is 5.81. The first-order valence-corrected chi connectivity index (χ1v) is 8.18. The van der Waals surface area contributed by atoms with E-state index in [9.17, 15) is 4.39 Å². The van der Waals surface area contributed by atoms with Crippen LogP contribution in [-0.4, -0.2) is 14.8 Å². The molecule has 4 nitrogen and oxygen atoms in total. The van der Waals surface area contributed by atoms with Crippen molar-refractivity contribution in [3.63, 3.8) is 0 Å². The minimum Gasteiger partial charge on any atom is -0.354 e. The van der Waals surface area contributed by atoms with E-state index < -0.39 is 5.60 Å². The maximum absolute atomic E-state index is 14.5. The van der Waals surface area contributed by atoms with Gasteiger partial charge in [0.2, 0.25) is 0 Å². The largest absolute Gasteiger partial charge is 0.354 e. The number of benzene rings is 2. The Labute approximate surface area is 147 Å². The summed E-state index contributed by atoms with van der Waals surface area (Å²) in [5.74, 6) is -0.325. The second-order valence-corrected chi connectivity index (χ2v) is 6.43. The van der Waals surface area contributed by atoms with E-state index in [0.29, 0.717) is 21.9 Å². The molecule has 0 radical (unpaired) electrons. The summed E-state index contributed by atoms with van der Waals surface area (Å²) in [5.41, 5.74) is 0.410.